The number of carbonyl (C=O) groups is 1. The Bertz CT molecular complexity index is 968. The summed E-state index contributed by atoms with van der Waals surface area (Å²) in [6, 6.07) is 16.8. The van der Waals surface area contributed by atoms with Crippen molar-refractivity contribution in [1.82, 2.24) is 14.5 Å². The lowest BCUT2D eigenvalue weighted by molar-refractivity contribution is -0.128. The van der Waals surface area contributed by atoms with E-state index in [1.807, 2.05) is 0 Å². The zero-order valence-electron chi connectivity index (χ0n) is 15.5. The summed E-state index contributed by atoms with van der Waals surface area (Å²) >= 11 is 0. The summed E-state index contributed by atoms with van der Waals surface area (Å²) in [5, 5.41) is 0. The van der Waals surface area contributed by atoms with Crippen LogP contribution in [0.1, 0.15) is 22.6 Å². The quantitative estimate of drug-likeness (QED) is 0.728. The van der Waals surface area contributed by atoms with E-state index in [4.69, 9.17) is 4.98 Å². The third-order valence-electron chi connectivity index (χ3n) is 5.04. The van der Waals surface area contributed by atoms with E-state index in [9.17, 15) is 4.79 Å². The van der Waals surface area contributed by atoms with Gasteiger partial charge in [0.1, 0.15) is 5.82 Å². The van der Waals surface area contributed by atoms with Crippen LogP contribution < -0.4 is 0 Å². The number of para-hydroxylation sites is 1. The van der Waals surface area contributed by atoms with Crippen LogP contribution in [0.15, 0.2) is 48.5 Å². The number of imidazole rings is 1. The fourth-order valence-electron chi connectivity index (χ4n) is 3.55. The molecule has 26 heavy (non-hydrogen) atoms. The van der Waals surface area contributed by atoms with Gasteiger partial charge in [-0.2, -0.15) is 0 Å². The Morgan fingerprint density at radius 1 is 1.08 bits per heavy atom. The molecule has 2 heterocycles. The smallest absolute Gasteiger partial charge is 0.228 e. The second kappa shape index (κ2) is 6.45. The molecule has 0 unspecified atom stereocenters. The van der Waals surface area contributed by atoms with Gasteiger partial charge in [0.25, 0.3) is 0 Å². The summed E-state index contributed by atoms with van der Waals surface area (Å²) in [5.74, 6) is 1.13. The number of benzene rings is 2. The van der Waals surface area contributed by atoms with Gasteiger partial charge in [-0.25, -0.2) is 4.98 Å². The molecule has 4 heteroatoms. The summed E-state index contributed by atoms with van der Waals surface area (Å²) in [6.07, 6.45) is 2.23. The summed E-state index contributed by atoms with van der Waals surface area (Å²) in [5.41, 5.74) is 6.65. The van der Waals surface area contributed by atoms with Gasteiger partial charge in [-0.3, -0.25) is 9.36 Å². The Morgan fingerprint density at radius 3 is 2.54 bits per heavy atom. The average molecular weight is 345 g/mol. The van der Waals surface area contributed by atoms with Crippen LogP contribution in [-0.2, 0) is 24.1 Å². The molecule has 0 spiro atoms. The van der Waals surface area contributed by atoms with Gasteiger partial charge in [-0.05, 0) is 25.0 Å². The molecule has 4 nitrogen and oxygen atoms in total. The van der Waals surface area contributed by atoms with Crippen molar-refractivity contribution in [2.45, 2.75) is 26.2 Å². The van der Waals surface area contributed by atoms with Crippen LogP contribution in [0.5, 0.6) is 0 Å². The topological polar surface area (TPSA) is 38.1 Å². The van der Waals surface area contributed by atoms with Crippen molar-refractivity contribution in [2.24, 2.45) is 0 Å². The number of hydrogen-bond acceptors (Lipinski definition) is 2. The van der Waals surface area contributed by atoms with Crippen molar-refractivity contribution >= 4 is 5.91 Å². The molecule has 132 valence electrons. The highest BCUT2D eigenvalue weighted by atomic mass is 16.2. The Hall–Kier alpha value is -2.88. The molecule has 0 atom stereocenters. The van der Waals surface area contributed by atoms with E-state index in [2.05, 4.69) is 60.0 Å². The van der Waals surface area contributed by atoms with E-state index >= 15 is 0 Å². The minimum atomic E-state index is 0.0871. The molecule has 4 rings (SSSR count). The standard InChI is InChI=1S/C22H23N3O/c1-15-8-10-17(11-9-15)22-19(14-21(26)24(2)3)25-18-7-5-4-6-16(18)12-13-20(25)23-22/h4-11H,12-14H2,1-3H3. The van der Waals surface area contributed by atoms with Crippen molar-refractivity contribution in [1.29, 1.82) is 0 Å². The number of amides is 1. The van der Waals surface area contributed by atoms with E-state index in [0.29, 0.717) is 6.42 Å². The van der Waals surface area contributed by atoms with Crippen LogP contribution in [0.25, 0.3) is 16.9 Å². The van der Waals surface area contributed by atoms with Gasteiger partial charge < -0.3 is 4.90 Å². The number of nitrogens with zero attached hydrogens (tertiary/aromatic N) is 3. The van der Waals surface area contributed by atoms with Crippen molar-refractivity contribution in [3.63, 3.8) is 0 Å². The number of aryl methyl sites for hydroxylation is 3. The van der Waals surface area contributed by atoms with Crippen LogP contribution >= 0.6 is 0 Å². The number of likely N-dealkylation sites (N-methyl/N-ethyl adjacent to an activating group) is 1. The first-order valence-electron chi connectivity index (χ1n) is 9.00. The molecule has 3 aromatic rings. The molecule has 1 amide bonds. The number of hydrogen-bond donors (Lipinski definition) is 0. The van der Waals surface area contributed by atoms with E-state index in [-0.39, 0.29) is 5.91 Å². The molecule has 0 saturated heterocycles. The number of aromatic nitrogens is 2. The lowest BCUT2D eigenvalue weighted by Crippen LogP contribution is -2.25. The summed E-state index contributed by atoms with van der Waals surface area (Å²) in [7, 11) is 3.60. The molecular weight excluding hydrogens is 322 g/mol. The predicted molar refractivity (Wildman–Crippen MR) is 104 cm³/mol. The summed E-state index contributed by atoms with van der Waals surface area (Å²) in [6.45, 7) is 2.08. The first-order valence-corrected chi connectivity index (χ1v) is 9.00. The lowest BCUT2D eigenvalue weighted by atomic mass is 10.0. The van der Waals surface area contributed by atoms with E-state index in [1.165, 1.54) is 11.1 Å². The minimum absolute atomic E-state index is 0.0871. The van der Waals surface area contributed by atoms with Gasteiger partial charge in [0.2, 0.25) is 5.91 Å². The van der Waals surface area contributed by atoms with Gasteiger partial charge >= 0.3 is 0 Å². The monoisotopic (exact) mass is 345 g/mol. The van der Waals surface area contributed by atoms with Crippen LogP contribution in [0.4, 0.5) is 0 Å². The number of carbonyl (C=O) groups excluding carboxylic acids is 1. The Labute approximate surface area is 154 Å². The fraction of sp³-hybridized carbons (Fsp3) is 0.273. The first-order chi connectivity index (χ1) is 12.5. The van der Waals surface area contributed by atoms with Crippen molar-refractivity contribution < 1.29 is 4.79 Å². The molecule has 2 aromatic carbocycles. The fourth-order valence-corrected chi connectivity index (χ4v) is 3.55. The molecule has 1 aliphatic rings. The highest BCUT2D eigenvalue weighted by Gasteiger charge is 2.26. The molecule has 1 aliphatic heterocycles. The molecular formula is C22H23N3O. The Balaban J connectivity index is 1.92. The highest BCUT2D eigenvalue weighted by molar-refractivity contribution is 5.81. The number of rotatable bonds is 3. The van der Waals surface area contributed by atoms with Crippen LogP contribution in [0.2, 0.25) is 0 Å². The average Bonchev–Trinajstić information content (AvgIpc) is 3.01. The van der Waals surface area contributed by atoms with E-state index < -0.39 is 0 Å². The zero-order chi connectivity index (χ0) is 18.3. The maximum Gasteiger partial charge on any atom is 0.228 e. The third kappa shape index (κ3) is 2.81. The largest absolute Gasteiger partial charge is 0.348 e. The molecule has 0 saturated carbocycles. The van der Waals surface area contributed by atoms with Crippen LogP contribution in [0, 0.1) is 6.92 Å². The zero-order valence-corrected chi connectivity index (χ0v) is 15.5. The molecule has 0 aliphatic carbocycles. The first kappa shape index (κ1) is 16.6. The molecule has 1 aromatic heterocycles. The maximum atomic E-state index is 12.5. The highest BCUT2D eigenvalue weighted by Crippen LogP contribution is 2.33. The summed E-state index contributed by atoms with van der Waals surface area (Å²) < 4.78 is 2.20. The van der Waals surface area contributed by atoms with E-state index in [0.717, 1.165) is 41.3 Å². The summed E-state index contributed by atoms with van der Waals surface area (Å²) in [4.78, 5) is 19.1. The SMILES string of the molecule is Cc1ccc(-c2nc3n(c2CC(=O)N(C)C)-c2ccccc2CC3)cc1. The van der Waals surface area contributed by atoms with Crippen molar-refractivity contribution in [2.75, 3.05) is 14.1 Å². The Kier molecular flexibility index (Phi) is 4.11. The normalized spacial score (nSPS) is 12.4. The second-order valence-corrected chi connectivity index (χ2v) is 7.12. The van der Waals surface area contributed by atoms with Crippen molar-refractivity contribution in [3.05, 3.63) is 71.2 Å². The minimum Gasteiger partial charge on any atom is -0.348 e. The van der Waals surface area contributed by atoms with Gasteiger partial charge in [0, 0.05) is 26.1 Å². The van der Waals surface area contributed by atoms with Crippen molar-refractivity contribution in [3.8, 4) is 16.9 Å². The molecule has 0 radical (unpaired) electrons. The third-order valence-corrected chi connectivity index (χ3v) is 5.04. The predicted octanol–water partition coefficient (Wildman–Crippen LogP) is 3.58. The lowest BCUT2D eigenvalue weighted by Gasteiger charge is -2.21. The molecule has 0 bridgehead atoms. The molecule has 0 N–H and O–H groups in total. The van der Waals surface area contributed by atoms with Crippen LogP contribution in [-0.4, -0.2) is 34.5 Å². The van der Waals surface area contributed by atoms with Gasteiger partial charge in [0.05, 0.1) is 23.5 Å². The molecule has 0 fully saturated rings. The second-order valence-electron chi connectivity index (χ2n) is 7.12. The van der Waals surface area contributed by atoms with Gasteiger partial charge in [0.15, 0.2) is 0 Å². The maximum absolute atomic E-state index is 12.5. The van der Waals surface area contributed by atoms with E-state index in [1.54, 1.807) is 19.0 Å². The van der Waals surface area contributed by atoms with Gasteiger partial charge in [-0.15, -0.1) is 0 Å². The Morgan fingerprint density at radius 2 is 1.81 bits per heavy atom. The number of fused-ring (bicyclic) bond motifs is 3. The van der Waals surface area contributed by atoms with Gasteiger partial charge in [-0.1, -0.05) is 48.0 Å². The van der Waals surface area contributed by atoms with Crippen LogP contribution in [0.3, 0.4) is 0 Å².